The van der Waals surface area contributed by atoms with E-state index in [1.165, 1.54) is 23.7 Å². The maximum atomic E-state index is 13.6. The molecule has 0 aliphatic heterocycles. The topological polar surface area (TPSA) is 37.8 Å². The number of nitrogens with zero attached hydrogens (tertiary/aromatic N) is 2. The van der Waals surface area contributed by atoms with Crippen LogP contribution >= 0.6 is 11.5 Å². The van der Waals surface area contributed by atoms with Crippen LogP contribution in [0.3, 0.4) is 0 Å². The number of benzene rings is 1. The van der Waals surface area contributed by atoms with Gasteiger partial charge in [0.15, 0.2) is 0 Å². The van der Waals surface area contributed by atoms with Crippen LogP contribution in [0.2, 0.25) is 0 Å². The summed E-state index contributed by atoms with van der Waals surface area (Å²) in [6.45, 7) is 0. The molecule has 0 radical (unpaired) electrons. The number of nitrogens with one attached hydrogen (secondary N) is 1. The molecule has 0 aliphatic rings. The highest BCUT2D eigenvalue weighted by Crippen LogP contribution is 2.25. The molecular weight excluding hydrogens is 232 g/mol. The Balaban J connectivity index is 2.41. The summed E-state index contributed by atoms with van der Waals surface area (Å²) in [6, 6.07) is 3.18. The molecule has 0 fully saturated rings. The number of hydrogen-bond acceptors (Lipinski definition) is 4. The van der Waals surface area contributed by atoms with E-state index in [0.717, 1.165) is 10.9 Å². The van der Waals surface area contributed by atoms with E-state index in [2.05, 4.69) is 14.9 Å². The maximum Gasteiger partial charge on any atom is 0.131 e. The van der Waals surface area contributed by atoms with Gasteiger partial charge in [0.25, 0.3) is 0 Å². The van der Waals surface area contributed by atoms with Gasteiger partial charge in [0.2, 0.25) is 0 Å². The van der Waals surface area contributed by atoms with Crippen LogP contribution in [0, 0.1) is 11.6 Å². The standard InChI is InChI=1S/C10H9F2N3S/c1-13-10(9-5-14-15-16-9)7-3-2-6(11)4-8(7)12/h2-5,10,13H,1H3. The molecule has 6 heteroatoms. The molecule has 1 N–H and O–H groups in total. The van der Waals surface area contributed by atoms with Crippen molar-refractivity contribution in [2.45, 2.75) is 6.04 Å². The van der Waals surface area contributed by atoms with E-state index < -0.39 is 11.6 Å². The van der Waals surface area contributed by atoms with Crippen molar-refractivity contribution >= 4 is 11.5 Å². The number of rotatable bonds is 3. The molecule has 1 atom stereocenters. The summed E-state index contributed by atoms with van der Waals surface area (Å²) >= 11 is 1.18. The number of hydrogen-bond donors (Lipinski definition) is 1. The van der Waals surface area contributed by atoms with Gasteiger partial charge in [-0.3, -0.25) is 0 Å². The van der Waals surface area contributed by atoms with Crippen molar-refractivity contribution < 1.29 is 8.78 Å². The summed E-state index contributed by atoms with van der Waals surface area (Å²) in [5.74, 6) is -1.16. The van der Waals surface area contributed by atoms with Crippen LogP contribution in [-0.2, 0) is 0 Å². The fraction of sp³-hybridized carbons (Fsp3) is 0.200. The molecule has 1 heterocycles. The SMILES string of the molecule is CNC(c1cnns1)c1ccc(F)cc1F. The summed E-state index contributed by atoms with van der Waals surface area (Å²) < 4.78 is 30.1. The van der Waals surface area contributed by atoms with Crippen LogP contribution in [0.5, 0.6) is 0 Å². The van der Waals surface area contributed by atoms with Gasteiger partial charge >= 0.3 is 0 Å². The van der Waals surface area contributed by atoms with Gasteiger partial charge in [-0.05, 0) is 24.6 Å². The van der Waals surface area contributed by atoms with Gasteiger partial charge < -0.3 is 5.32 Å². The van der Waals surface area contributed by atoms with E-state index >= 15 is 0 Å². The average Bonchev–Trinajstić information content (AvgIpc) is 2.75. The maximum absolute atomic E-state index is 13.6. The minimum atomic E-state index is -0.585. The average molecular weight is 241 g/mol. The van der Waals surface area contributed by atoms with Crippen LogP contribution in [-0.4, -0.2) is 16.6 Å². The van der Waals surface area contributed by atoms with Gasteiger partial charge in [0.1, 0.15) is 11.6 Å². The third kappa shape index (κ3) is 2.07. The lowest BCUT2D eigenvalue weighted by molar-refractivity contribution is 0.553. The first-order valence-corrected chi connectivity index (χ1v) is 5.39. The first-order chi connectivity index (χ1) is 7.72. The van der Waals surface area contributed by atoms with Crippen molar-refractivity contribution in [3.63, 3.8) is 0 Å². The fourth-order valence-electron chi connectivity index (χ4n) is 1.49. The zero-order chi connectivity index (χ0) is 11.5. The molecule has 1 aromatic carbocycles. The predicted molar refractivity (Wildman–Crippen MR) is 57.2 cm³/mol. The Labute approximate surface area is 95.3 Å². The van der Waals surface area contributed by atoms with E-state index in [1.807, 2.05) is 0 Å². The van der Waals surface area contributed by atoms with Crippen LogP contribution < -0.4 is 5.32 Å². The monoisotopic (exact) mass is 241 g/mol. The molecule has 0 aliphatic carbocycles. The van der Waals surface area contributed by atoms with Crippen LogP contribution in [0.25, 0.3) is 0 Å². The summed E-state index contributed by atoms with van der Waals surface area (Å²) in [4.78, 5) is 0.785. The highest BCUT2D eigenvalue weighted by molar-refractivity contribution is 7.05. The minimum Gasteiger partial charge on any atom is -0.308 e. The van der Waals surface area contributed by atoms with Crippen molar-refractivity contribution in [1.29, 1.82) is 0 Å². The van der Waals surface area contributed by atoms with Gasteiger partial charge in [0, 0.05) is 11.6 Å². The molecule has 1 unspecified atom stereocenters. The molecule has 0 bridgehead atoms. The fourth-order valence-corrected chi connectivity index (χ4v) is 2.12. The zero-order valence-electron chi connectivity index (χ0n) is 8.45. The molecule has 0 amide bonds. The Bertz CT molecular complexity index is 473. The summed E-state index contributed by atoms with van der Waals surface area (Å²) in [5, 5.41) is 6.64. The summed E-state index contributed by atoms with van der Waals surface area (Å²) in [6.07, 6.45) is 1.56. The second kappa shape index (κ2) is 4.63. The quantitative estimate of drug-likeness (QED) is 0.894. The third-order valence-electron chi connectivity index (χ3n) is 2.23. The smallest absolute Gasteiger partial charge is 0.131 e. The molecular formula is C10H9F2N3S. The number of aromatic nitrogens is 2. The molecule has 2 aromatic rings. The van der Waals surface area contributed by atoms with Crippen molar-refractivity contribution in [3.05, 3.63) is 46.5 Å². The summed E-state index contributed by atoms with van der Waals surface area (Å²) in [7, 11) is 1.70. The minimum absolute atomic E-state index is 0.347. The first-order valence-electron chi connectivity index (χ1n) is 4.62. The van der Waals surface area contributed by atoms with Crippen molar-refractivity contribution in [2.24, 2.45) is 0 Å². The molecule has 0 saturated heterocycles. The molecule has 16 heavy (non-hydrogen) atoms. The Hall–Kier alpha value is -1.40. The van der Waals surface area contributed by atoms with Crippen molar-refractivity contribution in [1.82, 2.24) is 14.9 Å². The molecule has 0 saturated carbocycles. The van der Waals surface area contributed by atoms with E-state index in [-0.39, 0.29) is 6.04 Å². The Morgan fingerprint density at radius 3 is 2.75 bits per heavy atom. The number of halogens is 2. The largest absolute Gasteiger partial charge is 0.308 e. The zero-order valence-corrected chi connectivity index (χ0v) is 9.26. The highest BCUT2D eigenvalue weighted by Gasteiger charge is 2.18. The lowest BCUT2D eigenvalue weighted by Crippen LogP contribution is -2.18. The molecule has 3 nitrogen and oxygen atoms in total. The van der Waals surface area contributed by atoms with Gasteiger partial charge in [-0.2, -0.15) is 0 Å². The second-order valence-electron chi connectivity index (χ2n) is 3.21. The van der Waals surface area contributed by atoms with Crippen LogP contribution in [0.15, 0.2) is 24.4 Å². The molecule has 0 spiro atoms. The Kier molecular flexibility index (Phi) is 3.21. The predicted octanol–water partition coefficient (Wildman–Crippen LogP) is 2.13. The van der Waals surface area contributed by atoms with Gasteiger partial charge in [-0.1, -0.05) is 10.6 Å². The van der Waals surface area contributed by atoms with Crippen molar-refractivity contribution in [3.8, 4) is 0 Å². The van der Waals surface area contributed by atoms with E-state index in [0.29, 0.717) is 5.56 Å². The van der Waals surface area contributed by atoms with E-state index in [4.69, 9.17) is 0 Å². The first kappa shape index (κ1) is 11.1. The van der Waals surface area contributed by atoms with Crippen LogP contribution in [0.1, 0.15) is 16.5 Å². The third-order valence-corrected chi connectivity index (χ3v) is 2.95. The van der Waals surface area contributed by atoms with E-state index in [9.17, 15) is 8.78 Å². The molecule has 1 aromatic heterocycles. The van der Waals surface area contributed by atoms with Gasteiger partial charge in [-0.25, -0.2) is 8.78 Å². The second-order valence-corrected chi connectivity index (χ2v) is 4.02. The normalized spacial score (nSPS) is 12.7. The van der Waals surface area contributed by atoms with Gasteiger partial charge in [0.05, 0.1) is 17.1 Å². The summed E-state index contributed by atoms with van der Waals surface area (Å²) in [5.41, 5.74) is 0.384. The lowest BCUT2D eigenvalue weighted by Gasteiger charge is -2.14. The van der Waals surface area contributed by atoms with Gasteiger partial charge in [-0.15, -0.1) is 5.10 Å². The molecule has 2 rings (SSSR count). The van der Waals surface area contributed by atoms with Crippen molar-refractivity contribution in [2.75, 3.05) is 7.05 Å². The Morgan fingerprint density at radius 2 is 2.19 bits per heavy atom. The lowest BCUT2D eigenvalue weighted by atomic mass is 10.1. The molecule has 84 valence electrons. The van der Waals surface area contributed by atoms with Crippen LogP contribution in [0.4, 0.5) is 8.78 Å². The Morgan fingerprint density at radius 1 is 1.38 bits per heavy atom. The highest BCUT2D eigenvalue weighted by atomic mass is 32.1. The van der Waals surface area contributed by atoms with E-state index in [1.54, 1.807) is 13.2 Å².